The van der Waals surface area contributed by atoms with Crippen molar-refractivity contribution < 1.29 is 0 Å². The molecule has 5 heteroatoms. The molecule has 3 nitrogen and oxygen atoms in total. The molecule has 0 saturated carbocycles. The summed E-state index contributed by atoms with van der Waals surface area (Å²) in [6, 6.07) is 0.767. The fourth-order valence-electron chi connectivity index (χ4n) is 2.51. The van der Waals surface area contributed by atoms with Gasteiger partial charge < -0.3 is 5.73 Å². The van der Waals surface area contributed by atoms with Crippen molar-refractivity contribution in [2.75, 3.05) is 12.3 Å². The first-order chi connectivity index (χ1) is 7.65. The monoisotopic (exact) mass is 275 g/mol. The van der Waals surface area contributed by atoms with Crippen LogP contribution >= 0.6 is 23.7 Å². The molecule has 1 aromatic rings. The third-order valence-corrected chi connectivity index (χ3v) is 3.98. The molecule has 0 radical (unpaired) electrons. The molecule has 1 aliphatic heterocycles. The van der Waals surface area contributed by atoms with Gasteiger partial charge in [-0.05, 0) is 31.7 Å². The lowest BCUT2D eigenvalue weighted by Gasteiger charge is -2.25. The Morgan fingerprint density at radius 2 is 2.35 bits per heavy atom. The number of hydrogen-bond acceptors (Lipinski definition) is 4. The predicted octanol–water partition coefficient (Wildman–Crippen LogP) is 3.16. The average Bonchev–Trinajstić information content (AvgIpc) is 2.77. The van der Waals surface area contributed by atoms with Crippen molar-refractivity contribution in [3.05, 3.63) is 11.1 Å². The number of likely N-dealkylation sites (tertiary alicyclic amines) is 1. The highest BCUT2D eigenvalue weighted by Crippen LogP contribution is 2.26. The van der Waals surface area contributed by atoms with Crippen LogP contribution in [0.5, 0.6) is 0 Å². The van der Waals surface area contributed by atoms with Gasteiger partial charge in [0, 0.05) is 23.7 Å². The van der Waals surface area contributed by atoms with Gasteiger partial charge in [0.1, 0.15) is 0 Å². The zero-order chi connectivity index (χ0) is 11.5. The summed E-state index contributed by atoms with van der Waals surface area (Å²) < 4.78 is 0. The first-order valence-electron chi connectivity index (χ1n) is 6.09. The van der Waals surface area contributed by atoms with Crippen LogP contribution in [-0.4, -0.2) is 22.5 Å². The normalized spacial score (nSPS) is 20.8. The lowest BCUT2D eigenvalue weighted by molar-refractivity contribution is 0.220. The van der Waals surface area contributed by atoms with E-state index in [2.05, 4.69) is 23.7 Å². The van der Waals surface area contributed by atoms with Gasteiger partial charge in [0.25, 0.3) is 0 Å². The van der Waals surface area contributed by atoms with Crippen molar-refractivity contribution in [1.29, 1.82) is 0 Å². The molecule has 0 amide bonds. The van der Waals surface area contributed by atoms with Crippen molar-refractivity contribution in [2.24, 2.45) is 5.92 Å². The highest BCUT2D eigenvalue weighted by atomic mass is 35.5. The second-order valence-corrected chi connectivity index (χ2v) is 6.21. The van der Waals surface area contributed by atoms with Crippen molar-refractivity contribution in [3.63, 3.8) is 0 Å². The molecular formula is C12H22ClN3S. The minimum absolute atomic E-state index is 0. The molecule has 2 rings (SSSR count). The molecule has 1 saturated heterocycles. The number of anilines is 1. The molecular weight excluding hydrogens is 254 g/mol. The Kier molecular flexibility index (Phi) is 5.70. The van der Waals surface area contributed by atoms with Gasteiger partial charge in [0.15, 0.2) is 5.13 Å². The van der Waals surface area contributed by atoms with Gasteiger partial charge in [-0.15, -0.1) is 23.7 Å². The summed E-state index contributed by atoms with van der Waals surface area (Å²) >= 11 is 1.62. The van der Waals surface area contributed by atoms with E-state index in [1.807, 2.05) is 6.20 Å². The van der Waals surface area contributed by atoms with Crippen LogP contribution in [0.3, 0.4) is 0 Å². The highest BCUT2D eigenvalue weighted by molar-refractivity contribution is 7.15. The molecule has 1 unspecified atom stereocenters. The first-order valence-corrected chi connectivity index (χ1v) is 6.91. The van der Waals surface area contributed by atoms with E-state index in [0.29, 0.717) is 5.13 Å². The van der Waals surface area contributed by atoms with Gasteiger partial charge >= 0.3 is 0 Å². The maximum Gasteiger partial charge on any atom is 0.180 e. The Labute approximate surface area is 114 Å². The molecule has 1 fully saturated rings. The molecule has 0 bridgehead atoms. The molecule has 2 heterocycles. The number of halogens is 1. The number of nitrogens with two attached hydrogens (primary N) is 1. The third kappa shape index (κ3) is 4.12. The number of thiazole rings is 1. The smallest absolute Gasteiger partial charge is 0.180 e. The second kappa shape index (κ2) is 6.57. The fourth-order valence-corrected chi connectivity index (χ4v) is 3.22. The molecule has 1 aliphatic rings. The summed E-state index contributed by atoms with van der Waals surface area (Å²) in [7, 11) is 0. The molecule has 0 aliphatic carbocycles. The van der Waals surface area contributed by atoms with E-state index >= 15 is 0 Å². The number of nitrogens with zero attached hydrogens (tertiary/aromatic N) is 2. The molecule has 98 valence electrons. The highest BCUT2D eigenvalue weighted by Gasteiger charge is 2.25. The Bertz CT molecular complexity index is 340. The van der Waals surface area contributed by atoms with Gasteiger partial charge in [-0.2, -0.15) is 0 Å². The van der Waals surface area contributed by atoms with Gasteiger partial charge in [0.2, 0.25) is 0 Å². The first kappa shape index (κ1) is 14.7. The number of rotatable bonds is 4. The summed E-state index contributed by atoms with van der Waals surface area (Å²) in [5.74, 6) is 0.789. The summed E-state index contributed by atoms with van der Waals surface area (Å²) in [6.07, 6.45) is 5.93. The van der Waals surface area contributed by atoms with Crippen LogP contribution in [0.25, 0.3) is 0 Å². The molecule has 0 aromatic carbocycles. The Balaban J connectivity index is 0.00000144. The topological polar surface area (TPSA) is 42.2 Å². The fraction of sp³-hybridized carbons (Fsp3) is 0.750. The van der Waals surface area contributed by atoms with E-state index in [9.17, 15) is 0 Å². The SMILES string of the molecule is CC(C)CC1CCCN1Cc1cnc(N)s1.Cl. The lowest BCUT2D eigenvalue weighted by Crippen LogP contribution is -2.29. The largest absolute Gasteiger partial charge is 0.375 e. The van der Waals surface area contributed by atoms with Gasteiger partial charge in [0.05, 0.1) is 0 Å². The zero-order valence-electron chi connectivity index (χ0n) is 10.6. The number of nitrogen functional groups attached to an aromatic ring is 1. The van der Waals surface area contributed by atoms with E-state index in [-0.39, 0.29) is 12.4 Å². The maximum absolute atomic E-state index is 5.66. The molecule has 0 spiro atoms. The van der Waals surface area contributed by atoms with E-state index in [4.69, 9.17) is 5.73 Å². The van der Waals surface area contributed by atoms with E-state index in [1.54, 1.807) is 11.3 Å². The van der Waals surface area contributed by atoms with Crippen molar-refractivity contribution in [2.45, 2.75) is 45.7 Å². The van der Waals surface area contributed by atoms with Crippen LogP contribution in [0.1, 0.15) is 38.0 Å². The summed E-state index contributed by atoms with van der Waals surface area (Å²) in [5.41, 5.74) is 5.66. The van der Waals surface area contributed by atoms with E-state index in [1.165, 1.54) is 30.7 Å². The standard InChI is InChI=1S/C12H21N3S.ClH/c1-9(2)6-10-4-3-5-15(10)8-11-7-14-12(13)16-11;/h7,9-10H,3-6,8H2,1-2H3,(H2,13,14);1H. The van der Waals surface area contributed by atoms with Crippen LogP contribution in [0.4, 0.5) is 5.13 Å². The van der Waals surface area contributed by atoms with E-state index in [0.717, 1.165) is 18.5 Å². The van der Waals surface area contributed by atoms with Crippen LogP contribution in [-0.2, 0) is 6.54 Å². The average molecular weight is 276 g/mol. The van der Waals surface area contributed by atoms with Crippen LogP contribution in [0.15, 0.2) is 6.20 Å². The quantitative estimate of drug-likeness (QED) is 0.918. The van der Waals surface area contributed by atoms with Crippen molar-refractivity contribution in [1.82, 2.24) is 9.88 Å². The summed E-state index contributed by atoms with van der Waals surface area (Å²) in [5, 5.41) is 0.689. The van der Waals surface area contributed by atoms with Crippen molar-refractivity contribution >= 4 is 28.9 Å². The van der Waals surface area contributed by atoms with Crippen LogP contribution < -0.4 is 5.73 Å². The third-order valence-electron chi connectivity index (χ3n) is 3.17. The van der Waals surface area contributed by atoms with Gasteiger partial charge in [-0.3, -0.25) is 4.90 Å². The Hall–Kier alpha value is -0.320. The molecule has 2 N–H and O–H groups in total. The molecule has 17 heavy (non-hydrogen) atoms. The number of hydrogen-bond donors (Lipinski definition) is 1. The van der Waals surface area contributed by atoms with Crippen molar-refractivity contribution in [3.8, 4) is 0 Å². The van der Waals surface area contributed by atoms with Gasteiger partial charge in [-0.1, -0.05) is 13.8 Å². The Morgan fingerprint density at radius 1 is 1.59 bits per heavy atom. The van der Waals surface area contributed by atoms with Gasteiger partial charge in [-0.25, -0.2) is 4.98 Å². The Morgan fingerprint density at radius 3 is 2.94 bits per heavy atom. The minimum atomic E-state index is 0. The minimum Gasteiger partial charge on any atom is -0.375 e. The van der Waals surface area contributed by atoms with Crippen LogP contribution in [0.2, 0.25) is 0 Å². The zero-order valence-corrected chi connectivity index (χ0v) is 12.2. The maximum atomic E-state index is 5.66. The summed E-state index contributed by atoms with van der Waals surface area (Å²) in [6.45, 7) is 6.88. The van der Waals surface area contributed by atoms with E-state index < -0.39 is 0 Å². The second-order valence-electron chi connectivity index (χ2n) is 5.06. The van der Waals surface area contributed by atoms with Crippen LogP contribution in [0, 0.1) is 5.92 Å². The molecule has 1 atom stereocenters. The number of aromatic nitrogens is 1. The predicted molar refractivity (Wildman–Crippen MR) is 76.7 cm³/mol. The lowest BCUT2D eigenvalue weighted by atomic mass is 10.0. The molecule has 1 aromatic heterocycles. The summed E-state index contributed by atoms with van der Waals surface area (Å²) in [4.78, 5) is 8.00.